The Balaban J connectivity index is 3.01. The number of ether oxygens (including phenoxy) is 1. The molecule has 0 fully saturated rings. The van der Waals surface area contributed by atoms with Crippen LogP contribution in [0.5, 0.6) is 5.88 Å². The van der Waals surface area contributed by atoms with Gasteiger partial charge in [0.1, 0.15) is 4.47 Å². The summed E-state index contributed by atoms with van der Waals surface area (Å²) in [5.74, 6) is 0.397. The molecule has 0 saturated heterocycles. The van der Waals surface area contributed by atoms with E-state index in [9.17, 15) is 4.55 Å². The lowest BCUT2D eigenvalue weighted by molar-refractivity contribution is 0.399. The molecule has 0 radical (unpaired) electrons. The highest BCUT2D eigenvalue weighted by Gasteiger charge is 2.08. The average molecular weight is 210 g/mol. The van der Waals surface area contributed by atoms with Gasteiger partial charge in [-0.05, 0) is 15.9 Å². The molecular weight excluding hydrogens is 206 g/mol. The molecule has 0 aliphatic rings. The van der Waals surface area contributed by atoms with E-state index >= 15 is 0 Å². The standard InChI is InChI=1S/C4H4BrNO2S/c1-8-4-3(5)2-9(7)6-4/h2H,1H3. The Morgan fingerprint density at radius 2 is 2.56 bits per heavy atom. The van der Waals surface area contributed by atoms with E-state index in [0.29, 0.717) is 10.4 Å². The minimum atomic E-state index is -1.23. The first-order chi connectivity index (χ1) is 4.24. The number of hydrogen-bond acceptors (Lipinski definition) is 3. The molecule has 3 nitrogen and oxygen atoms in total. The molecule has 1 rings (SSSR count). The van der Waals surface area contributed by atoms with Gasteiger partial charge >= 0.3 is 0 Å². The van der Waals surface area contributed by atoms with Gasteiger partial charge in [-0.25, -0.2) is 0 Å². The van der Waals surface area contributed by atoms with Crippen LogP contribution in [0.4, 0.5) is 0 Å². The Labute approximate surface area is 63.7 Å². The molecule has 1 aromatic heterocycles. The summed E-state index contributed by atoms with van der Waals surface area (Å²) in [6.07, 6.45) is 0. The molecule has 0 amide bonds. The molecular formula is C4H4BrNO2S. The van der Waals surface area contributed by atoms with Crippen molar-refractivity contribution in [3.05, 3.63) is 9.85 Å². The van der Waals surface area contributed by atoms with Crippen LogP contribution >= 0.6 is 26.9 Å². The highest BCUT2D eigenvalue weighted by molar-refractivity contribution is 9.10. The van der Waals surface area contributed by atoms with Gasteiger partial charge in [0.25, 0.3) is 5.88 Å². The van der Waals surface area contributed by atoms with Crippen molar-refractivity contribution in [1.29, 1.82) is 0 Å². The number of rotatable bonds is 1. The van der Waals surface area contributed by atoms with Gasteiger partial charge in [-0.3, -0.25) is 0 Å². The Morgan fingerprint density at radius 1 is 1.89 bits per heavy atom. The Morgan fingerprint density at radius 3 is 2.78 bits per heavy atom. The zero-order valence-corrected chi connectivity index (χ0v) is 7.03. The van der Waals surface area contributed by atoms with Crippen LogP contribution < -0.4 is 4.74 Å². The number of halogens is 1. The van der Waals surface area contributed by atoms with Crippen molar-refractivity contribution in [2.24, 2.45) is 0 Å². The van der Waals surface area contributed by atoms with Crippen molar-refractivity contribution in [2.45, 2.75) is 0 Å². The third-order valence-electron chi connectivity index (χ3n) is 0.775. The fourth-order valence-corrected chi connectivity index (χ4v) is 1.94. The van der Waals surface area contributed by atoms with Gasteiger partial charge in [-0.15, -0.1) is 0 Å². The fourth-order valence-electron chi connectivity index (χ4n) is 0.425. The maximum absolute atomic E-state index is 10.6. The molecule has 0 saturated carbocycles. The Bertz CT molecular complexity index is 212. The number of aromatic nitrogens is 1. The van der Waals surface area contributed by atoms with E-state index in [1.807, 2.05) is 0 Å². The molecule has 5 heteroatoms. The predicted octanol–water partition coefficient (Wildman–Crippen LogP) is 1.58. The topological polar surface area (TPSA) is 45.2 Å². The minimum absolute atomic E-state index is 0.397. The van der Waals surface area contributed by atoms with Crippen LogP contribution in [0.1, 0.15) is 0 Å². The van der Waals surface area contributed by atoms with E-state index in [4.69, 9.17) is 4.74 Å². The summed E-state index contributed by atoms with van der Waals surface area (Å²) in [5.41, 5.74) is 0. The largest absolute Gasteiger partial charge is 0.569 e. The molecule has 1 unspecified atom stereocenters. The van der Waals surface area contributed by atoms with Crippen molar-refractivity contribution in [3.8, 4) is 5.88 Å². The third kappa shape index (κ3) is 1.41. The summed E-state index contributed by atoms with van der Waals surface area (Å²) in [7, 11) is 0.254. The quantitative estimate of drug-likeness (QED) is 0.661. The van der Waals surface area contributed by atoms with Gasteiger partial charge in [0, 0.05) is 4.37 Å². The lowest BCUT2D eigenvalue weighted by atomic mass is 10.7. The van der Waals surface area contributed by atoms with Gasteiger partial charge in [0.05, 0.1) is 18.1 Å². The monoisotopic (exact) mass is 209 g/mol. The third-order valence-corrected chi connectivity index (χ3v) is 2.43. The van der Waals surface area contributed by atoms with Crippen molar-refractivity contribution in [3.63, 3.8) is 0 Å². The maximum atomic E-state index is 10.6. The first kappa shape index (κ1) is 6.98. The second kappa shape index (κ2) is 2.64. The van der Waals surface area contributed by atoms with Gasteiger partial charge in [0.15, 0.2) is 5.38 Å². The summed E-state index contributed by atoms with van der Waals surface area (Å²) < 4.78 is 19.6. The van der Waals surface area contributed by atoms with Crippen LogP contribution in [0.3, 0.4) is 0 Å². The summed E-state index contributed by atoms with van der Waals surface area (Å²) in [4.78, 5) is 0. The van der Waals surface area contributed by atoms with Crippen LogP contribution in [0.15, 0.2) is 9.85 Å². The maximum Gasteiger partial charge on any atom is 0.286 e. The van der Waals surface area contributed by atoms with E-state index in [2.05, 4.69) is 20.3 Å². The molecule has 0 aromatic carbocycles. The SMILES string of the molecule is COc1n[s+]([O-])cc1Br. The second-order valence-corrected chi connectivity index (χ2v) is 3.17. The summed E-state index contributed by atoms with van der Waals surface area (Å²) in [6.45, 7) is 0. The van der Waals surface area contributed by atoms with E-state index in [-0.39, 0.29) is 0 Å². The van der Waals surface area contributed by atoms with Gasteiger partial charge < -0.3 is 9.29 Å². The van der Waals surface area contributed by atoms with Crippen LogP contribution in [-0.4, -0.2) is 16.0 Å². The van der Waals surface area contributed by atoms with E-state index in [0.717, 1.165) is 0 Å². The smallest absolute Gasteiger partial charge is 0.286 e. The average Bonchev–Trinajstić information content (AvgIpc) is 2.10. The molecule has 0 aliphatic heterocycles. The zero-order chi connectivity index (χ0) is 6.85. The van der Waals surface area contributed by atoms with E-state index < -0.39 is 10.9 Å². The number of methoxy groups -OCH3 is 1. The minimum Gasteiger partial charge on any atom is -0.569 e. The number of hydrogen-bond donors (Lipinski definition) is 0. The van der Waals surface area contributed by atoms with Gasteiger partial charge in [0.2, 0.25) is 0 Å². The molecule has 1 atom stereocenters. The summed E-state index contributed by atoms with van der Waals surface area (Å²) >= 11 is 3.12. The first-order valence-corrected chi connectivity index (χ1v) is 4.11. The van der Waals surface area contributed by atoms with Crippen LogP contribution in [-0.2, 0) is 0 Å². The predicted molar refractivity (Wildman–Crippen MR) is 37.1 cm³/mol. The second-order valence-electron chi connectivity index (χ2n) is 1.34. The van der Waals surface area contributed by atoms with Crippen molar-refractivity contribution in [1.82, 2.24) is 4.37 Å². The lowest BCUT2D eigenvalue weighted by Gasteiger charge is -1.86. The normalized spacial score (nSPS) is 11.7. The Kier molecular flexibility index (Phi) is 2.05. The Hall–Kier alpha value is -0.130. The first-order valence-electron chi connectivity index (χ1n) is 2.15. The summed E-state index contributed by atoms with van der Waals surface area (Å²) in [6, 6.07) is 0. The molecule has 1 heterocycles. The zero-order valence-electron chi connectivity index (χ0n) is 4.63. The molecule has 50 valence electrons. The van der Waals surface area contributed by atoms with Crippen molar-refractivity contribution < 1.29 is 9.29 Å². The molecule has 9 heavy (non-hydrogen) atoms. The van der Waals surface area contributed by atoms with Crippen LogP contribution in [0.2, 0.25) is 0 Å². The van der Waals surface area contributed by atoms with E-state index in [1.165, 1.54) is 12.5 Å². The highest BCUT2D eigenvalue weighted by atomic mass is 79.9. The molecule has 0 aliphatic carbocycles. The number of nitrogens with zero attached hydrogens (tertiary/aromatic N) is 1. The van der Waals surface area contributed by atoms with Crippen LogP contribution in [0.25, 0.3) is 0 Å². The van der Waals surface area contributed by atoms with Gasteiger partial charge in [-0.2, -0.15) is 0 Å². The molecule has 1 aromatic rings. The van der Waals surface area contributed by atoms with Crippen molar-refractivity contribution >= 4 is 26.9 Å². The highest BCUT2D eigenvalue weighted by Crippen LogP contribution is 2.28. The fraction of sp³-hybridized carbons (Fsp3) is 0.250. The molecule has 0 spiro atoms. The van der Waals surface area contributed by atoms with Crippen molar-refractivity contribution in [2.75, 3.05) is 7.11 Å². The van der Waals surface area contributed by atoms with Crippen LogP contribution in [0, 0.1) is 0 Å². The lowest BCUT2D eigenvalue weighted by Crippen LogP contribution is -1.80. The van der Waals surface area contributed by atoms with E-state index in [1.54, 1.807) is 0 Å². The summed E-state index contributed by atoms with van der Waals surface area (Å²) in [5, 5.41) is 1.47. The molecule has 0 bridgehead atoms. The molecule has 0 N–H and O–H groups in total. The van der Waals surface area contributed by atoms with Gasteiger partial charge in [-0.1, -0.05) is 0 Å².